The molecule has 0 bridgehead atoms. The molecule has 0 radical (unpaired) electrons. The molecule has 4 rings (SSSR count). The first-order chi connectivity index (χ1) is 16.3. The fourth-order valence-corrected chi connectivity index (χ4v) is 5.58. The zero-order chi connectivity index (χ0) is 24.4. The molecule has 2 aromatic heterocycles. The summed E-state index contributed by atoms with van der Waals surface area (Å²) in [5.74, 6) is 0.609. The van der Waals surface area contributed by atoms with E-state index in [-0.39, 0.29) is 18.3 Å². The van der Waals surface area contributed by atoms with Crippen LogP contribution in [0.15, 0.2) is 56.8 Å². The van der Waals surface area contributed by atoms with Gasteiger partial charge in [0.25, 0.3) is 5.56 Å². The van der Waals surface area contributed by atoms with E-state index in [4.69, 9.17) is 14.2 Å². The molecule has 0 fully saturated rings. The third-order valence-corrected chi connectivity index (χ3v) is 7.00. The standard InChI is InChI=1S/C25H26N2O5S2/c1-6-31-24(29)21-15(4)26-25-27(23(28)20(34-25)13-17-8-7-11-33-17)22(21)16-9-10-18(32-14(2)3)19(12-16)30-5/h7-14,22H,6H2,1-5H3/b20-13-/t22-/m0/s1. The van der Waals surface area contributed by atoms with Crippen LogP contribution in [0.5, 0.6) is 11.5 Å². The van der Waals surface area contributed by atoms with Crippen LogP contribution in [0.25, 0.3) is 6.08 Å². The number of fused-ring (bicyclic) bond motifs is 1. The van der Waals surface area contributed by atoms with Crippen molar-refractivity contribution in [2.24, 2.45) is 4.99 Å². The topological polar surface area (TPSA) is 79.1 Å². The molecule has 1 aliphatic heterocycles. The molecule has 178 valence electrons. The minimum absolute atomic E-state index is 0.0353. The van der Waals surface area contributed by atoms with Gasteiger partial charge in [-0.15, -0.1) is 11.3 Å². The summed E-state index contributed by atoms with van der Waals surface area (Å²) in [5.41, 5.74) is 1.34. The van der Waals surface area contributed by atoms with Gasteiger partial charge < -0.3 is 14.2 Å². The van der Waals surface area contributed by atoms with Crippen molar-refractivity contribution in [3.05, 3.63) is 77.1 Å². The number of nitrogens with zero attached hydrogens (tertiary/aromatic N) is 2. The van der Waals surface area contributed by atoms with E-state index < -0.39 is 12.0 Å². The Kier molecular flexibility index (Phi) is 7.04. The van der Waals surface area contributed by atoms with Crippen LogP contribution in [0.3, 0.4) is 0 Å². The molecule has 3 heterocycles. The van der Waals surface area contributed by atoms with E-state index in [1.165, 1.54) is 11.3 Å². The molecule has 34 heavy (non-hydrogen) atoms. The van der Waals surface area contributed by atoms with E-state index in [1.54, 1.807) is 49.0 Å². The fourth-order valence-electron chi connectivity index (χ4n) is 3.82. The molecule has 0 aliphatic carbocycles. The van der Waals surface area contributed by atoms with Crippen LogP contribution < -0.4 is 24.4 Å². The molecular weight excluding hydrogens is 472 g/mol. The van der Waals surface area contributed by atoms with Crippen LogP contribution >= 0.6 is 22.7 Å². The molecular formula is C25H26N2O5S2. The quantitative estimate of drug-likeness (QED) is 0.465. The Bertz CT molecular complexity index is 1410. The van der Waals surface area contributed by atoms with Gasteiger partial charge in [0.1, 0.15) is 0 Å². The van der Waals surface area contributed by atoms with Crippen LogP contribution in [0.4, 0.5) is 0 Å². The molecule has 0 saturated heterocycles. The highest BCUT2D eigenvalue weighted by Crippen LogP contribution is 2.36. The average molecular weight is 499 g/mol. The highest BCUT2D eigenvalue weighted by Gasteiger charge is 2.34. The molecule has 1 atom stereocenters. The van der Waals surface area contributed by atoms with Crippen molar-refractivity contribution in [2.75, 3.05) is 13.7 Å². The lowest BCUT2D eigenvalue weighted by Gasteiger charge is -2.25. The third kappa shape index (κ3) is 4.58. The second kappa shape index (κ2) is 9.99. The first kappa shape index (κ1) is 24.0. The van der Waals surface area contributed by atoms with E-state index in [9.17, 15) is 9.59 Å². The van der Waals surface area contributed by atoms with Gasteiger partial charge in [-0.3, -0.25) is 9.36 Å². The van der Waals surface area contributed by atoms with Crippen molar-refractivity contribution < 1.29 is 19.0 Å². The maximum atomic E-state index is 13.6. The van der Waals surface area contributed by atoms with Gasteiger partial charge in [-0.25, -0.2) is 9.79 Å². The lowest BCUT2D eigenvalue weighted by Crippen LogP contribution is -2.39. The Balaban J connectivity index is 1.94. The number of rotatable bonds is 7. The van der Waals surface area contributed by atoms with Gasteiger partial charge in [0.05, 0.1) is 41.7 Å². The van der Waals surface area contributed by atoms with E-state index in [2.05, 4.69) is 4.99 Å². The monoisotopic (exact) mass is 498 g/mol. The fraction of sp³-hybridized carbons (Fsp3) is 0.320. The summed E-state index contributed by atoms with van der Waals surface area (Å²) in [6, 6.07) is 8.63. The van der Waals surface area contributed by atoms with Crippen LogP contribution in [0.1, 0.15) is 44.2 Å². The van der Waals surface area contributed by atoms with Crippen molar-refractivity contribution in [3.8, 4) is 11.5 Å². The number of hydrogen-bond donors (Lipinski definition) is 0. The van der Waals surface area contributed by atoms with E-state index >= 15 is 0 Å². The lowest BCUT2D eigenvalue weighted by molar-refractivity contribution is -0.139. The van der Waals surface area contributed by atoms with Crippen molar-refractivity contribution in [1.29, 1.82) is 0 Å². The summed E-state index contributed by atoms with van der Waals surface area (Å²) in [6.45, 7) is 7.60. The summed E-state index contributed by atoms with van der Waals surface area (Å²) >= 11 is 2.85. The molecule has 0 spiro atoms. The van der Waals surface area contributed by atoms with Crippen molar-refractivity contribution in [1.82, 2.24) is 4.57 Å². The molecule has 3 aromatic rings. The van der Waals surface area contributed by atoms with Gasteiger partial charge >= 0.3 is 5.97 Å². The third-order valence-electron chi connectivity index (χ3n) is 5.20. The SMILES string of the molecule is CCOC(=O)C1=C(C)N=c2s/c(=C\c3cccs3)c(=O)n2[C@H]1c1ccc(OC(C)C)c(OC)c1. The first-order valence-electron chi connectivity index (χ1n) is 10.9. The molecule has 0 unspecified atom stereocenters. The maximum Gasteiger partial charge on any atom is 0.338 e. The van der Waals surface area contributed by atoms with Gasteiger partial charge in [0.2, 0.25) is 0 Å². The number of ether oxygens (including phenoxy) is 3. The number of carbonyl (C=O) groups excluding carboxylic acids is 1. The van der Waals surface area contributed by atoms with Gasteiger partial charge in [-0.05, 0) is 62.9 Å². The Morgan fingerprint density at radius 1 is 1.26 bits per heavy atom. The number of benzene rings is 1. The zero-order valence-corrected chi connectivity index (χ0v) is 21.3. The number of carbonyl (C=O) groups is 1. The van der Waals surface area contributed by atoms with Gasteiger partial charge in [-0.2, -0.15) is 0 Å². The number of allylic oxidation sites excluding steroid dienone is 1. The van der Waals surface area contributed by atoms with Gasteiger partial charge in [0.15, 0.2) is 16.3 Å². The number of hydrogen-bond acceptors (Lipinski definition) is 8. The van der Waals surface area contributed by atoms with Crippen molar-refractivity contribution >= 4 is 34.7 Å². The van der Waals surface area contributed by atoms with Crippen LogP contribution in [-0.2, 0) is 9.53 Å². The number of thiophene rings is 1. The number of esters is 1. The van der Waals surface area contributed by atoms with Crippen LogP contribution in [-0.4, -0.2) is 30.4 Å². The van der Waals surface area contributed by atoms with Crippen molar-refractivity contribution in [3.63, 3.8) is 0 Å². The number of methoxy groups -OCH3 is 1. The Morgan fingerprint density at radius 3 is 2.71 bits per heavy atom. The van der Waals surface area contributed by atoms with Crippen LogP contribution in [0, 0.1) is 0 Å². The molecule has 0 N–H and O–H groups in total. The largest absolute Gasteiger partial charge is 0.493 e. The van der Waals surface area contributed by atoms with Gasteiger partial charge in [0, 0.05) is 4.88 Å². The molecule has 1 aliphatic rings. The molecule has 7 nitrogen and oxygen atoms in total. The smallest absolute Gasteiger partial charge is 0.338 e. The number of thiazole rings is 1. The molecule has 1 aromatic carbocycles. The summed E-state index contributed by atoms with van der Waals surface area (Å²) in [4.78, 5) is 32.7. The Labute approximate surface area is 205 Å². The highest BCUT2D eigenvalue weighted by molar-refractivity contribution is 7.11. The van der Waals surface area contributed by atoms with E-state index in [0.717, 1.165) is 4.88 Å². The first-order valence-corrected chi connectivity index (χ1v) is 12.6. The second-order valence-electron chi connectivity index (χ2n) is 7.89. The van der Waals surface area contributed by atoms with Crippen molar-refractivity contribution in [2.45, 2.75) is 39.8 Å². The second-order valence-corrected chi connectivity index (χ2v) is 9.88. The summed E-state index contributed by atoms with van der Waals surface area (Å²) in [6.07, 6.45) is 1.82. The minimum atomic E-state index is -0.706. The highest BCUT2D eigenvalue weighted by atomic mass is 32.1. The summed E-state index contributed by atoms with van der Waals surface area (Å²) in [5, 5.41) is 1.96. The maximum absolute atomic E-state index is 13.6. The summed E-state index contributed by atoms with van der Waals surface area (Å²) in [7, 11) is 1.56. The average Bonchev–Trinajstić information content (AvgIpc) is 3.41. The normalized spacial score (nSPS) is 15.8. The van der Waals surface area contributed by atoms with E-state index in [1.807, 2.05) is 43.5 Å². The lowest BCUT2D eigenvalue weighted by atomic mass is 9.95. The minimum Gasteiger partial charge on any atom is -0.493 e. The molecule has 0 amide bonds. The Hall–Kier alpha value is -3.17. The Morgan fingerprint density at radius 2 is 2.06 bits per heavy atom. The summed E-state index contributed by atoms with van der Waals surface area (Å²) < 4.78 is 18.9. The molecule has 0 saturated carbocycles. The van der Waals surface area contributed by atoms with Crippen LogP contribution in [0.2, 0.25) is 0 Å². The predicted octanol–water partition coefficient (Wildman–Crippen LogP) is 3.66. The molecule has 9 heteroatoms. The zero-order valence-electron chi connectivity index (χ0n) is 19.7. The number of aromatic nitrogens is 1. The van der Waals surface area contributed by atoms with E-state index in [0.29, 0.717) is 37.7 Å². The predicted molar refractivity (Wildman–Crippen MR) is 133 cm³/mol. The van der Waals surface area contributed by atoms with Gasteiger partial charge in [-0.1, -0.05) is 23.5 Å².